The van der Waals surface area contributed by atoms with E-state index in [1.807, 2.05) is 6.92 Å². The van der Waals surface area contributed by atoms with Gasteiger partial charge in [0.25, 0.3) is 0 Å². The number of benzene rings is 1. The molecule has 0 aromatic heterocycles. The van der Waals surface area contributed by atoms with Gasteiger partial charge < -0.3 is 10.2 Å². The van der Waals surface area contributed by atoms with Crippen molar-refractivity contribution in [1.29, 1.82) is 0 Å². The summed E-state index contributed by atoms with van der Waals surface area (Å²) in [5, 5.41) is 3.44. The number of halogens is 1. The Balaban J connectivity index is 2.63. The van der Waals surface area contributed by atoms with E-state index in [1.54, 1.807) is 23.1 Å². The highest BCUT2D eigenvalue weighted by atomic mass is 35.5. The first-order chi connectivity index (χ1) is 9.43. The molecule has 0 spiro atoms. The van der Waals surface area contributed by atoms with Crippen molar-refractivity contribution in [3.8, 4) is 0 Å². The molecule has 0 saturated carbocycles. The summed E-state index contributed by atoms with van der Waals surface area (Å²) in [5.74, 6) is -0.275. The lowest BCUT2D eigenvalue weighted by Crippen LogP contribution is -2.37. The van der Waals surface area contributed by atoms with E-state index < -0.39 is 0 Å². The number of nitrogens with one attached hydrogen (secondary N) is 1. The van der Waals surface area contributed by atoms with Gasteiger partial charge in [-0.15, -0.1) is 0 Å². The average Bonchev–Trinajstić information content (AvgIpc) is 2.37. The zero-order valence-electron chi connectivity index (χ0n) is 12.2. The van der Waals surface area contributed by atoms with E-state index in [-0.39, 0.29) is 18.4 Å². The van der Waals surface area contributed by atoms with Gasteiger partial charge in [-0.3, -0.25) is 9.59 Å². The predicted octanol–water partition coefficient (Wildman–Crippen LogP) is 3.24. The summed E-state index contributed by atoms with van der Waals surface area (Å²) in [7, 11) is 0. The topological polar surface area (TPSA) is 49.4 Å². The molecule has 110 valence electrons. The van der Waals surface area contributed by atoms with Gasteiger partial charge in [-0.25, -0.2) is 0 Å². The van der Waals surface area contributed by atoms with Crippen molar-refractivity contribution in [2.45, 2.75) is 33.6 Å². The minimum absolute atomic E-state index is 0.0808. The van der Waals surface area contributed by atoms with E-state index in [0.717, 1.165) is 24.1 Å². The third-order valence-corrected chi connectivity index (χ3v) is 3.26. The van der Waals surface area contributed by atoms with Gasteiger partial charge in [-0.2, -0.15) is 0 Å². The van der Waals surface area contributed by atoms with Crippen LogP contribution in [0.3, 0.4) is 0 Å². The van der Waals surface area contributed by atoms with Gasteiger partial charge in [0.1, 0.15) is 0 Å². The number of hydrogen-bond donors (Lipinski definition) is 1. The van der Waals surface area contributed by atoms with Crippen molar-refractivity contribution >= 4 is 29.1 Å². The first kappa shape index (κ1) is 16.5. The molecule has 0 fully saturated rings. The van der Waals surface area contributed by atoms with Crippen molar-refractivity contribution in [2.24, 2.45) is 0 Å². The average molecular weight is 297 g/mol. The number of aryl methyl sites for hydroxylation is 1. The zero-order valence-corrected chi connectivity index (χ0v) is 13.0. The Bertz CT molecular complexity index is 489. The standard InChI is InChI=1S/C15H21ClN2O2/c1-4-5-8-18(12(3)19)10-15(20)17-14-7-6-13(16)9-11(14)2/h6-7,9H,4-5,8,10H2,1-3H3,(H,17,20). The van der Waals surface area contributed by atoms with Crippen LogP contribution in [-0.4, -0.2) is 29.8 Å². The Kier molecular flexibility index (Phi) is 6.52. The number of amides is 2. The molecule has 5 heteroatoms. The molecule has 0 aliphatic rings. The number of nitrogens with zero attached hydrogens (tertiary/aromatic N) is 1. The molecular formula is C15H21ClN2O2. The third-order valence-electron chi connectivity index (χ3n) is 3.02. The largest absolute Gasteiger partial charge is 0.334 e. The highest BCUT2D eigenvalue weighted by Crippen LogP contribution is 2.19. The lowest BCUT2D eigenvalue weighted by molar-refractivity contribution is -0.132. The summed E-state index contributed by atoms with van der Waals surface area (Å²) in [5.41, 5.74) is 1.62. The summed E-state index contributed by atoms with van der Waals surface area (Å²) in [6.07, 6.45) is 1.88. The zero-order chi connectivity index (χ0) is 15.1. The smallest absolute Gasteiger partial charge is 0.244 e. The Hall–Kier alpha value is -1.55. The molecule has 0 heterocycles. The number of anilines is 1. The highest BCUT2D eigenvalue weighted by molar-refractivity contribution is 6.30. The lowest BCUT2D eigenvalue weighted by Gasteiger charge is -2.20. The quantitative estimate of drug-likeness (QED) is 0.876. The third kappa shape index (κ3) is 5.21. The summed E-state index contributed by atoms with van der Waals surface area (Å²) < 4.78 is 0. The summed E-state index contributed by atoms with van der Waals surface area (Å²) >= 11 is 5.87. The highest BCUT2D eigenvalue weighted by Gasteiger charge is 2.13. The molecule has 20 heavy (non-hydrogen) atoms. The van der Waals surface area contributed by atoms with Crippen LogP contribution in [0.4, 0.5) is 5.69 Å². The van der Waals surface area contributed by atoms with E-state index in [9.17, 15) is 9.59 Å². The van der Waals surface area contributed by atoms with E-state index in [4.69, 9.17) is 11.6 Å². The van der Waals surface area contributed by atoms with E-state index in [1.165, 1.54) is 6.92 Å². The fourth-order valence-electron chi connectivity index (χ4n) is 1.83. The minimum Gasteiger partial charge on any atom is -0.334 e. The number of hydrogen-bond acceptors (Lipinski definition) is 2. The van der Waals surface area contributed by atoms with Crippen molar-refractivity contribution in [1.82, 2.24) is 4.90 Å². The Labute approximate surface area is 125 Å². The first-order valence-corrected chi connectivity index (χ1v) is 7.13. The SMILES string of the molecule is CCCCN(CC(=O)Nc1ccc(Cl)cc1C)C(C)=O. The van der Waals surface area contributed by atoms with E-state index in [2.05, 4.69) is 12.2 Å². The molecule has 0 atom stereocenters. The van der Waals surface area contributed by atoms with E-state index in [0.29, 0.717) is 11.6 Å². The summed E-state index contributed by atoms with van der Waals surface area (Å²) in [4.78, 5) is 25.0. The van der Waals surface area contributed by atoms with Crippen LogP contribution in [0.1, 0.15) is 32.3 Å². The molecule has 1 aromatic carbocycles. The second-order valence-electron chi connectivity index (χ2n) is 4.80. The Morgan fingerprint density at radius 3 is 2.60 bits per heavy atom. The number of carbonyl (C=O) groups is 2. The molecule has 1 aromatic rings. The second-order valence-corrected chi connectivity index (χ2v) is 5.24. The fourth-order valence-corrected chi connectivity index (χ4v) is 2.05. The van der Waals surface area contributed by atoms with Gasteiger partial charge >= 0.3 is 0 Å². The maximum Gasteiger partial charge on any atom is 0.244 e. The predicted molar refractivity (Wildman–Crippen MR) is 82.0 cm³/mol. The molecule has 2 amide bonds. The van der Waals surface area contributed by atoms with Crippen LogP contribution in [0.5, 0.6) is 0 Å². The molecule has 0 aliphatic carbocycles. The molecule has 0 aliphatic heterocycles. The summed E-state index contributed by atoms with van der Waals surface area (Å²) in [6, 6.07) is 5.28. The van der Waals surface area contributed by atoms with Crippen LogP contribution in [-0.2, 0) is 9.59 Å². The van der Waals surface area contributed by atoms with E-state index >= 15 is 0 Å². The maximum absolute atomic E-state index is 12.0. The number of unbranched alkanes of at least 4 members (excludes halogenated alkanes) is 1. The molecule has 1 rings (SSSR count). The molecule has 0 saturated heterocycles. The van der Waals surface area contributed by atoms with Crippen LogP contribution in [0.25, 0.3) is 0 Å². The van der Waals surface area contributed by atoms with Crippen LogP contribution < -0.4 is 5.32 Å². The van der Waals surface area contributed by atoms with Gasteiger partial charge in [0.2, 0.25) is 11.8 Å². The van der Waals surface area contributed by atoms with Crippen molar-refractivity contribution in [3.63, 3.8) is 0 Å². The maximum atomic E-state index is 12.0. The van der Waals surface area contributed by atoms with Crippen LogP contribution in [0.15, 0.2) is 18.2 Å². The molecule has 1 N–H and O–H groups in total. The van der Waals surface area contributed by atoms with Crippen molar-refractivity contribution < 1.29 is 9.59 Å². The van der Waals surface area contributed by atoms with Gasteiger partial charge in [0.15, 0.2) is 0 Å². The molecule has 4 nitrogen and oxygen atoms in total. The van der Waals surface area contributed by atoms with Crippen LogP contribution in [0, 0.1) is 6.92 Å². The molecule has 0 bridgehead atoms. The fraction of sp³-hybridized carbons (Fsp3) is 0.467. The van der Waals surface area contributed by atoms with Crippen molar-refractivity contribution in [2.75, 3.05) is 18.4 Å². The van der Waals surface area contributed by atoms with Gasteiger partial charge in [-0.05, 0) is 37.1 Å². The number of rotatable bonds is 6. The van der Waals surface area contributed by atoms with Crippen LogP contribution >= 0.6 is 11.6 Å². The van der Waals surface area contributed by atoms with Gasteiger partial charge in [-0.1, -0.05) is 24.9 Å². The Morgan fingerprint density at radius 1 is 1.35 bits per heavy atom. The van der Waals surface area contributed by atoms with Crippen LogP contribution in [0.2, 0.25) is 5.02 Å². The lowest BCUT2D eigenvalue weighted by atomic mass is 10.2. The number of carbonyl (C=O) groups excluding carboxylic acids is 2. The molecular weight excluding hydrogens is 276 g/mol. The minimum atomic E-state index is -0.193. The van der Waals surface area contributed by atoms with Gasteiger partial charge in [0.05, 0.1) is 6.54 Å². The molecule has 0 unspecified atom stereocenters. The van der Waals surface area contributed by atoms with Crippen molar-refractivity contribution in [3.05, 3.63) is 28.8 Å². The summed E-state index contributed by atoms with van der Waals surface area (Å²) in [6.45, 7) is 6.10. The van der Waals surface area contributed by atoms with Gasteiger partial charge in [0, 0.05) is 24.2 Å². The monoisotopic (exact) mass is 296 g/mol. The first-order valence-electron chi connectivity index (χ1n) is 6.75. The second kappa shape index (κ2) is 7.90. The normalized spacial score (nSPS) is 10.2. The molecule has 0 radical (unpaired) electrons. The Morgan fingerprint density at radius 2 is 2.05 bits per heavy atom.